The molecule has 12 heteroatoms. The van der Waals surface area contributed by atoms with Crippen molar-refractivity contribution in [3.05, 3.63) is 140 Å². The van der Waals surface area contributed by atoms with Gasteiger partial charge in [0.2, 0.25) is 0 Å². The third-order valence-corrected chi connectivity index (χ3v) is 9.85. The van der Waals surface area contributed by atoms with E-state index in [-0.39, 0.29) is 17.9 Å². The van der Waals surface area contributed by atoms with Crippen LogP contribution < -0.4 is 24.4 Å². The highest BCUT2D eigenvalue weighted by Gasteiger charge is 2.34. The van der Waals surface area contributed by atoms with E-state index in [1.807, 2.05) is 30.3 Å². The summed E-state index contributed by atoms with van der Waals surface area (Å²) in [5.74, 6) is 0.450. The van der Waals surface area contributed by atoms with Crippen LogP contribution in [-0.2, 0) is 16.1 Å². The first-order valence-corrected chi connectivity index (χ1v) is 16.9. The van der Waals surface area contributed by atoms with Gasteiger partial charge in [-0.15, -0.1) is 0 Å². The van der Waals surface area contributed by atoms with Crippen LogP contribution in [0.2, 0.25) is 0 Å². The summed E-state index contributed by atoms with van der Waals surface area (Å²) in [6.07, 6.45) is 1.74. The summed E-state index contributed by atoms with van der Waals surface area (Å²) in [7, 11) is 1.56. The van der Waals surface area contributed by atoms with Gasteiger partial charge in [-0.2, -0.15) is 0 Å². The molecular formula is C36H30IN3O7S. The predicted molar refractivity (Wildman–Crippen MR) is 192 cm³/mol. The minimum absolute atomic E-state index is 0.114. The van der Waals surface area contributed by atoms with Gasteiger partial charge in [0.05, 0.1) is 44.1 Å². The molecule has 0 aliphatic carbocycles. The Morgan fingerprint density at radius 3 is 2.62 bits per heavy atom. The predicted octanol–water partition coefficient (Wildman–Crippen LogP) is 6.36. The number of allylic oxidation sites excluding steroid dienone is 1. The summed E-state index contributed by atoms with van der Waals surface area (Å²) in [5.41, 5.74) is 2.62. The molecule has 4 aromatic carbocycles. The number of aromatic nitrogens is 1. The molecule has 0 unspecified atom stereocenters. The molecule has 1 atom stereocenters. The number of halogens is 1. The Hall–Kier alpha value is -4.82. The maximum atomic E-state index is 14.1. The van der Waals surface area contributed by atoms with Crippen LogP contribution in [-0.4, -0.2) is 29.2 Å². The lowest BCUT2D eigenvalue weighted by Crippen LogP contribution is -2.40. The van der Waals surface area contributed by atoms with Crippen LogP contribution in [0.1, 0.15) is 42.1 Å². The summed E-state index contributed by atoms with van der Waals surface area (Å²) in [4.78, 5) is 43.6. The van der Waals surface area contributed by atoms with Crippen molar-refractivity contribution in [2.24, 2.45) is 4.99 Å². The number of ether oxygens (including phenoxy) is 3. The Balaban J connectivity index is 1.42. The quantitative estimate of drug-likeness (QED) is 0.0740. The summed E-state index contributed by atoms with van der Waals surface area (Å²) < 4.78 is 19.9. The monoisotopic (exact) mass is 775 g/mol. The molecule has 10 nitrogen and oxygen atoms in total. The fourth-order valence-electron chi connectivity index (χ4n) is 5.78. The number of nitrogens with zero attached hydrogens (tertiary/aromatic N) is 3. The van der Waals surface area contributed by atoms with Crippen LogP contribution in [0.15, 0.2) is 93.9 Å². The van der Waals surface area contributed by atoms with Gasteiger partial charge in [0.15, 0.2) is 16.3 Å². The molecule has 0 N–H and O–H groups in total. The van der Waals surface area contributed by atoms with E-state index >= 15 is 0 Å². The van der Waals surface area contributed by atoms with Gasteiger partial charge in [0, 0.05) is 11.6 Å². The van der Waals surface area contributed by atoms with Crippen LogP contribution in [0, 0.1) is 20.6 Å². The lowest BCUT2D eigenvalue weighted by Gasteiger charge is -2.24. The van der Waals surface area contributed by atoms with Crippen LogP contribution in [0.3, 0.4) is 0 Å². The average Bonchev–Trinajstić information content (AvgIpc) is 3.37. The first-order valence-electron chi connectivity index (χ1n) is 15.0. The number of hydrogen-bond donors (Lipinski definition) is 0. The number of carbonyl (C=O) groups is 1. The molecule has 1 aliphatic rings. The van der Waals surface area contributed by atoms with E-state index in [1.54, 1.807) is 52.2 Å². The average molecular weight is 776 g/mol. The molecule has 1 aromatic heterocycles. The van der Waals surface area contributed by atoms with E-state index in [1.165, 1.54) is 22.0 Å². The molecule has 48 heavy (non-hydrogen) atoms. The molecule has 6 rings (SSSR count). The topological polar surface area (TPSA) is 122 Å². The molecule has 1 aliphatic heterocycles. The number of fused-ring (bicyclic) bond motifs is 2. The number of thiazole rings is 1. The van der Waals surface area contributed by atoms with Crippen molar-refractivity contribution in [3.8, 4) is 11.5 Å². The number of nitro groups is 1. The van der Waals surface area contributed by atoms with Gasteiger partial charge in [0.1, 0.15) is 6.61 Å². The SMILES string of the molecule is CCOC(=O)C1=C(C)N=c2s/c(=C/c3cc(I)c(OCc4cccc5ccccc45)c(OC)c3)c(=O)n2[C@@H]1c1ccc(C)c([N+](=O)[O-])c1. The lowest BCUT2D eigenvalue weighted by atomic mass is 9.94. The third kappa shape index (κ3) is 6.24. The summed E-state index contributed by atoms with van der Waals surface area (Å²) in [5, 5.41) is 14.1. The number of benzene rings is 4. The zero-order valence-electron chi connectivity index (χ0n) is 26.5. The van der Waals surface area contributed by atoms with E-state index in [0.29, 0.717) is 49.8 Å². The second kappa shape index (κ2) is 13.7. The summed E-state index contributed by atoms with van der Waals surface area (Å²) in [6.45, 7) is 5.44. The van der Waals surface area contributed by atoms with E-state index in [4.69, 9.17) is 14.2 Å². The van der Waals surface area contributed by atoms with Crippen LogP contribution >= 0.6 is 33.9 Å². The Kier molecular flexibility index (Phi) is 9.47. The molecule has 0 fully saturated rings. The van der Waals surface area contributed by atoms with Gasteiger partial charge in [-0.05, 0) is 89.0 Å². The Morgan fingerprint density at radius 1 is 1.10 bits per heavy atom. The van der Waals surface area contributed by atoms with Gasteiger partial charge in [0.25, 0.3) is 11.2 Å². The van der Waals surface area contributed by atoms with Crippen LogP contribution in [0.5, 0.6) is 11.5 Å². The van der Waals surface area contributed by atoms with Gasteiger partial charge < -0.3 is 14.2 Å². The second-order valence-electron chi connectivity index (χ2n) is 11.1. The van der Waals surface area contributed by atoms with Gasteiger partial charge in [-0.25, -0.2) is 9.79 Å². The van der Waals surface area contributed by atoms with E-state index in [2.05, 4.69) is 45.8 Å². The maximum absolute atomic E-state index is 14.1. The zero-order valence-corrected chi connectivity index (χ0v) is 29.5. The molecule has 0 amide bonds. The van der Waals surface area contributed by atoms with Crippen LogP contribution in [0.25, 0.3) is 16.8 Å². The number of esters is 1. The highest BCUT2D eigenvalue weighted by molar-refractivity contribution is 14.1. The fraction of sp³-hybridized carbons (Fsp3) is 0.194. The number of nitro benzene ring substituents is 1. The highest BCUT2D eigenvalue weighted by Crippen LogP contribution is 2.36. The maximum Gasteiger partial charge on any atom is 0.338 e. The van der Waals surface area contributed by atoms with Crippen LogP contribution in [0.4, 0.5) is 5.69 Å². The van der Waals surface area contributed by atoms with Crippen molar-refractivity contribution in [1.29, 1.82) is 0 Å². The van der Waals surface area contributed by atoms with Gasteiger partial charge in [-0.3, -0.25) is 19.5 Å². The molecule has 0 spiro atoms. The highest BCUT2D eigenvalue weighted by atomic mass is 127. The zero-order chi connectivity index (χ0) is 34.1. The summed E-state index contributed by atoms with van der Waals surface area (Å²) >= 11 is 3.35. The number of carbonyl (C=O) groups excluding carboxylic acids is 1. The Bertz CT molecular complexity index is 2320. The molecule has 2 heterocycles. The second-order valence-corrected chi connectivity index (χ2v) is 13.2. The van der Waals surface area contributed by atoms with Crippen molar-refractivity contribution in [3.63, 3.8) is 0 Å². The summed E-state index contributed by atoms with van der Waals surface area (Å²) in [6, 6.07) is 21.7. The standard InChI is InChI=1S/C36H30IN3O7S/c1-5-46-35(42)31-21(3)38-36-39(32(31)24-14-13-20(2)28(18-24)40(43)44)34(41)30(48-36)17-22-15-27(37)33(29(16-22)45-4)47-19-25-11-8-10-23-9-6-7-12-26(23)25/h6-18,32H,5,19H2,1-4H3/b30-17+/t32-/m1/s1. The van der Waals surface area contributed by atoms with E-state index in [0.717, 1.165) is 19.9 Å². The van der Waals surface area contributed by atoms with Crippen molar-refractivity contribution < 1.29 is 23.9 Å². The first-order chi connectivity index (χ1) is 23.1. The minimum atomic E-state index is -0.971. The number of methoxy groups -OCH3 is 1. The number of aryl methyl sites for hydroxylation is 1. The van der Waals surface area contributed by atoms with Gasteiger partial charge >= 0.3 is 5.97 Å². The number of hydrogen-bond acceptors (Lipinski definition) is 9. The largest absolute Gasteiger partial charge is 0.493 e. The first kappa shape index (κ1) is 33.1. The minimum Gasteiger partial charge on any atom is -0.493 e. The fourth-order valence-corrected chi connectivity index (χ4v) is 7.61. The van der Waals surface area contributed by atoms with Gasteiger partial charge in [-0.1, -0.05) is 65.9 Å². The normalized spacial score (nSPS) is 14.4. The van der Waals surface area contributed by atoms with E-state index in [9.17, 15) is 19.7 Å². The van der Waals surface area contributed by atoms with Crippen molar-refractivity contribution >= 4 is 62.4 Å². The molecular weight excluding hydrogens is 745 g/mol. The molecule has 0 radical (unpaired) electrons. The smallest absolute Gasteiger partial charge is 0.338 e. The molecule has 0 saturated carbocycles. The molecule has 5 aromatic rings. The van der Waals surface area contributed by atoms with Crippen molar-refractivity contribution in [1.82, 2.24) is 4.57 Å². The molecule has 0 saturated heterocycles. The Morgan fingerprint density at radius 2 is 1.88 bits per heavy atom. The van der Waals surface area contributed by atoms with Crippen molar-refractivity contribution in [2.45, 2.75) is 33.4 Å². The van der Waals surface area contributed by atoms with Crippen molar-refractivity contribution in [2.75, 3.05) is 13.7 Å². The molecule has 0 bridgehead atoms. The van der Waals surface area contributed by atoms with E-state index < -0.39 is 22.5 Å². The molecule has 244 valence electrons. The number of rotatable bonds is 9. The Labute approximate surface area is 292 Å². The third-order valence-electron chi connectivity index (χ3n) is 8.06. The lowest BCUT2D eigenvalue weighted by molar-refractivity contribution is -0.385.